The van der Waals surface area contributed by atoms with Crippen molar-refractivity contribution in [3.8, 4) is 0 Å². The minimum absolute atomic E-state index is 0.0323. The number of fused-ring (bicyclic) bond motifs is 1. The van der Waals surface area contributed by atoms with Crippen molar-refractivity contribution in [3.63, 3.8) is 0 Å². The molecule has 0 aliphatic rings. The molecule has 16 nitrogen and oxygen atoms in total. The van der Waals surface area contributed by atoms with Gasteiger partial charge in [0.2, 0.25) is 11.9 Å². The zero-order chi connectivity index (χ0) is 29.4. The van der Waals surface area contributed by atoms with Gasteiger partial charge in [0, 0.05) is 17.7 Å². The molecule has 0 saturated carbocycles. The molecule has 2 aromatic heterocycles. The Morgan fingerprint density at radius 2 is 1.73 bits per heavy atom. The smallest absolute Gasteiger partial charge is 0.326 e. The summed E-state index contributed by atoms with van der Waals surface area (Å²) < 4.78 is 0. The first kappa shape index (κ1) is 29.2. The number of nitrogens with zero attached hydrogens (tertiary/aromatic N) is 3. The highest BCUT2D eigenvalue weighted by Crippen LogP contribution is 2.12. The molecule has 0 aliphatic carbocycles. The van der Waals surface area contributed by atoms with Crippen molar-refractivity contribution < 1.29 is 34.2 Å². The highest BCUT2D eigenvalue weighted by Gasteiger charge is 2.24. The minimum atomic E-state index is -1.41. The molecule has 0 aliphatic heterocycles. The van der Waals surface area contributed by atoms with Crippen molar-refractivity contribution in [1.29, 1.82) is 0 Å². The monoisotopic (exact) mass is 554 g/mol. The molecular formula is C24H26N8O8. The lowest BCUT2D eigenvalue weighted by atomic mass is 10.1. The maximum absolute atomic E-state index is 12.6. The van der Waals surface area contributed by atoms with E-state index in [9.17, 15) is 33.9 Å². The van der Waals surface area contributed by atoms with E-state index in [1.54, 1.807) is 12.1 Å². The Morgan fingerprint density at radius 1 is 1.02 bits per heavy atom. The van der Waals surface area contributed by atoms with E-state index in [1.165, 1.54) is 18.3 Å². The number of anilines is 2. The molecule has 1 aromatic carbocycles. The van der Waals surface area contributed by atoms with Gasteiger partial charge in [0.15, 0.2) is 16.9 Å². The van der Waals surface area contributed by atoms with Crippen molar-refractivity contribution in [2.45, 2.75) is 44.8 Å². The molecule has 0 fully saturated rings. The summed E-state index contributed by atoms with van der Waals surface area (Å²) in [5.74, 6) is -4.70. The zero-order valence-corrected chi connectivity index (χ0v) is 21.1. The van der Waals surface area contributed by atoms with Gasteiger partial charge in [-0.1, -0.05) is 0 Å². The number of aromatic amines is 1. The van der Waals surface area contributed by atoms with Crippen LogP contribution >= 0.6 is 0 Å². The second kappa shape index (κ2) is 12.9. The zero-order valence-electron chi connectivity index (χ0n) is 21.1. The molecule has 3 aromatic rings. The predicted octanol–water partition coefficient (Wildman–Crippen LogP) is -0.581. The number of aliphatic carboxylic acids is 2. The Bertz CT molecular complexity index is 1500. The van der Waals surface area contributed by atoms with Gasteiger partial charge in [-0.3, -0.25) is 29.0 Å². The number of H-pyrrole nitrogens is 1. The van der Waals surface area contributed by atoms with Crippen molar-refractivity contribution in [2.75, 3.05) is 11.1 Å². The molecule has 16 heteroatoms. The van der Waals surface area contributed by atoms with Crippen LogP contribution in [0.2, 0.25) is 0 Å². The lowest BCUT2D eigenvalue weighted by molar-refractivity contribution is -0.140. The van der Waals surface area contributed by atoms with E-state index in [2.05, 4.69) is 35.9 Å². The SMILES string of the molecule is CC(=O)C(CC(=O)O)NC(=O)CCC(NC(=O)c1ccc(NCc2cnc3nc(N)[nH]c(=O)c3n2)cc1)C(=O)O. The van der Waals surface area contributed by atoms with E-state index in [-0.39, 0.29) is 42.1 Å². The van der Waals surface area contributed by atoms with Crippen LogP contribution in [0, 0.1) is 0 Å². The number of hydrogen-bond donors (Lipinski definition) is 7. The van der Waals surface area contributed by atoms with Crippen LogP contribution in [-0.4, -0.2) is 71.8 Å². The van der Waals surface area contributed by atoms with Crippen molar-refractivity contribution >= 4 is 52.3 Å². The fourth-order valence-corrected chi connectivity index (χ4v) is 3.50. The minimum Gasteiger partial charge on any atom is -0.481 e. The summed E-state index contributed by atoms with van der Waals surface area (Å²) in [6.07, 6.45) is 0.174. The molecular weight excluding hydrogens is 528 g/mol. The van der Waals surface area contributed by atoms with E-state index in [1.807, 2.05) is 0 Å². The fraction of sp³-hybridized carbons (Fsp3) is 0.292. The second-order valence-corrected chi connectivity index (χ2v) is 8.65. The first-order valence-corrected chi connectivity index (χ1v) is 11.8. The summed E-state index contributed by atoms with van der Waals surface area (Å²) >= 11 is 0. The number of benzene rings is 1. The van der Waals surface area contributed by atoms with Crippen LogP contribution in [0.25, 0.3) is 11.2 Å². The van der Waals surface area contributed by atoms with Gasteiger partial charge in [0.05, 0.1) is 30.9 Å². The summed E-state index contributed by atoms with van der Waals surface area (Å²) in [5, 5.41) is 25.9. The molecule has 2 unspecified atom stereocenters. The molecule has 210 valence electrons. The lowest BCUT2D eigenvalue weighted by Gasteiger charge is -2.17. The van der Waals surface area contributed by atoms with Crippen LogP contribution in [0.1, 0.15) is 42.2 Å². The summed E-state index contributed by atoms with van der Waals surface area (Å²) in [6, 6.07) is 3.41. The lowest BCUT2D eigenvalue weighted by Crippen LogP contribution is -2.44. The van der Waals surface area contributed by atoms with Gasteiger partial charge >= 0.3 is 11.9 Å². The number of nitrogen functional groups attached to an aromatic ring is 1. The summed E-state index contributed by atoms with van der Waals surface area (Å²) in [6.45, 7) is 1.32. The van der Waals surface area contributed by atoms with Crippen LogP contribution in [0.4, 0.5) is 11.6 Å². The van der Waals surface area contributed by atoms with E-state index >= 15 is 0 Å². The number of ketones is 1. The Balaban J connectivity index is 1.55. The second-order valence-electron chi connectivity index (χ2n) is 8.65. The van der Waals surface area contributed by atoms with Gasteiger partial charge in [0.1, 0.15) is 6.04 Å². The Morgan fingerprint density at radius 3 is 2.35 bits per heavy atom. The molecule has 0 saturated heterocycles. The normalized spacial score (nSPS) is 12.2. The van der Waals surface area contributed by atoms with Gasteiger partial charge in [-0.25, -0.2) is 14.8 Å². The number of carbonyl (C=O) groups is 5. The Kier molecular flexibility index (Phi) is 9.40. The standard InChI is InChI=1S/C24H26N8O8/c1-11(33)16(8-18(35)36)29-17(34)7-6-15(23(39)40)30-21(37)12-2-4-13(5-3-12)26-9-14-10-27-20-19(28-14)22(38)32-24(25)31-20/h2-5,10,15-16,26H,6-9H2,1H3,(H,29,34)(H,30,37)(H,35,36)(H,39,40)(H3,25,27,31,32,38). The third-order valence-corrected chi connectivity index (χ3v) is 5.58. The maximum Gasteiger partial charge on any atom is 0.326 e. The number of nitrogens with one attached hydrogen (secondary N) is 4. The molecule has 2 heterocycles. The summed E-state index contributed by atoms with van der Waals surface area (Å²) in [4.78, 5) is 85.2. The third kappa shape index (κ3) is 8.04. The van der Waals surface area contributed by atoms with Crippen LogP contribution in [-0.2, 0) is 25.7 Å². The highest BCUT2D eigenvalue weighted by molar-refractivity contribution is 5.97. The topological polar surface area (TPSA) is 259 Å². The number of aromatic nitrogens is 4. The number of carboxylic acid groups (broad SMARTS) is 2. The first-order valence-electron chi connectivity index (χ1n) is 11.8. The van der Waals surface area contributed by atoms with Crippen molar-refractivity contribution in [2.24, 2.45) is 0 Å². The van der Waals surface area contributed by atoms with Gasteiger partial charge in [0.25, 0.3) is 11.5 Å². The molecule has 0 radical (unpaired) electrons. The van der Waals surface area contributed by atoms with Crippen molar-refractivity contribution in [3.05, 3.63) is 52.1 Å². The van der Waals surface area contributed by atoms with Gasteiger partial charge < -0.3 is 31.9 Å². The molecule has 3 rings (SSSR count). The summed E-state index contributed by atoms with van der Waals surface area (Å²) in [5.41, 5.74) is 6.30. The fourth-order valence-electron chi connectivity index (χ4n) is 3.50. The Hall–Kier alpha value is -5.41. The van der Waals surface area contributed by atoms with Gasteiger partial charge in [-0.05, 0) is 37.6 Å². The third-order valence-electron chi connectivity index (χ3n) is 5.58. The number of rotatable bonds is 13. The highest BCUT2D eigenvalue weighted by atomic mass is 16.4. The average molecular weight is 555 g/mol. The molecule has 2 amide bonds. The first-order chi connectivity index (χ1) is 18.9. The number of carbonyl (C=O) groups excluding carboxylic acids is 3. The van der Waals surface area contributed by atoms with Crippen LogP contribution < -0.4 is 27.2 Å². The largest absolute Gasteiger partial charge is 0.481 e. The molecule has 0 bridgehead atoms. The number of hydrogen-bond acceptors (Lipinski definition) is 11. The van der Waals surface area contributed by atoms with Gasteiger partial charge in [-0.2, -0.15) is 4.98 Å². The Labute approximate surface area is 225 Å². The van der Waals surface area contributed by atoms with Gasteiger partial charge in [-0.15, -0.1) is 0 Å². The quantitative estimate of drug-likeness (QED) is 0.140. The van der Waals surface area contributed by atoms with Crippen LogP contribution in [0.5, 0.6) is 0 Å². The van der Waals surface area contributed by atoms with E-state index in [0.717, 1.165) is 6.92 Å². The number of Topliss-reactive ketones (excluding diaryl/α,β-unsaturated/α-hetero) is 1. The molecule has 8 N–H and O–H groups in total. The number of nitrogens with two attached hydrogens (primary N) is 1. The van der Waals surface area contributed by atoms with E-state index in [4.69, 9.17) is 10.8 Å². The van der Waals surface area contributed by atoms with Crippen LogP contribution in [0.15, 0.2) is 35.3 Å². The number of carboxylic acids is 2. The molecule has 40 heavy (non-hydrogen) atoms. The average Bonchev–Trinajstić information content (AvgIpc) is 2.89. The summed E-state index contributed by atoms with van der Waals surface area (Å²) in [7, 11) is 0. The van der Waals surface area contributed by atoms with Crippen LogP contribution in [0.3, 0.4) is 0 Å². The molecule has 0 spiro atoms. The number of amides is 2. The van der Waals surface area contributed by atoms with Crippen molar-refractivity contribution in [1.82, 2.24) is 30.6 Å². The molecule has 2 atom stereocenters. The van der Waals surface area contributed by atoms with E-state index in [0.29, 0.717) is 11.4 Å². The maximum atomic E-state index is 12.6. The predicted molar refractivity (Wildman–Crippen MR) is 139 cm³/mol. The van der Waals surface area contributed by atoms with E-state index < -0.39 is 53.6 Å².